The van der Waals surface area contributed by atoms with Crippen LogP contribution in [0.1, 0.15) is 17.5 Å². The summed E-state index contributed by atoms with van der Waals surface area (Å²) in [6.45, 7) is 5.67. The summed E-state index contributed by atoms with van der Waals surface area (Å²) in [5, 5.41) is 9.56. The Morgan fingerprint density at radius 1 is 1.46 bits per heavy atom. The van der Waals surface area contributed by atoms with Crippen molar-refractivity contribution in [3.05, 3.63) is 48.0 Å². The average Bonchev–Trinajstić information content (AvgIpc) is 2.09. The highest BCUT2D eigenvalue weighted by Crippen LogP contribution is 2.11. The van der Waals surface area contributed by atoms with Crippen LogP contribution in [0.4, 0.5) is 0 Å². The van der Waals surface area contributed by atoms with Crippen LogP contribution in [-0.2, 0) is 6.42 Å². The highest BCUT2D eigenvalue weighted by Gasteiger charge is 2.04. The number of benzene rings is 1. The fourth-order valence-electron chi connectivity index (χ4n) is 1.37. The van der Waals surface area contributed by atoms with Crippen LogP contribution in [-0.4, -0.2) is 11.2 Å². The van der Waals surface area contributed by atoms with E-state index < -0.39 is 0 Å². The van der Waals surface area contributed by atoms with Gasteiger partial charge in [-0.1, -0.05) is 30.3 Å². The molecule has 1 N–H and O–H groups in total. The molecule has 0 aliphatic carbocycles. The van der Waals surface area contributed by atoms with Crippen LogP contribution < -0.4 is 0 Å². The molecule has 1 heteroatoms. The summed E-state index contributed by atoms with van der Waals surface area (Å²) in [7, 11) is 0. The molecule has 0 radical (unpaired) electrons. The van der Waals surface area contributed by atoms with E-state index >= 15 is 0 Å². The van der Waals surface area contributed by atoms with Gasteiger partial charge in [0.05, 0.1) is 6.10 Å². The molecular weight excluding hydrogens is 160 g/mol. The number of aliphatic hydroxyl groups excluding tert-OH is 1. The van der Waals surface area contributed by atoms with E-state index in [1.165, 1.54) is 11.1 Å². The summed E-state index contributed by atoms with van der Waals surface area (Å²) in [6.07, 6.45) is 2.84. The first-order valence-corrected chi connectivity index (χ1v) is 4.57. The molecule has 0 bridgehead atoms. The SMILES string of the molecule is C=CC[C@@H](O)Cc1ccccc1C. The van der Waals surface area contributed by atoms with E-state index in [4.69, 9.17) is 0 Å². The lowest BCUT2D eigenvalue weighted by Gasteiger charge is -2.09. The second kappa shape index (κ2) is 4.83. The summed E-state index contributed by atoms with van der Waals surface area (Å²) >= 11 is 0. The highest BCUT2D eigenvalue weighted by molar-refractivity contribution is 5.26. The smallest absolute Gasteiger partial charge is 0.0614 e. The number of rotatable bonds is 4. The van der Waals surface area contributed by atoms with Crippen LogP contribution >= 0.6 is 0 Å². The van der Waals surface area contributed by atoms with Gasteiger partial charge in [-0.25, -0.2) is 0 Å². The molecule has 13 heavy (non-hydrogen) atoms. The Balaban J connectivity index is 2.63. The monoisotopic (exact) mass is 176 g/mol. The normalized spacial score (nSPS) is 12.5. The molecule has 0 fully saturated rings. The quantitative estimate of drug-likeness (QED) is 0.699. The van der Waals surface area contributed by atoms with E-state index in [0.717, 1.165) is 6.42 Å². The summed E-state index contributed by atoms with van der Waals surface area (Å²) in [4.78, 5) is 0. The zero-order chi connectivity index (χ0) is 9.68. The van der Waals surface area contributed by atoms with Gasteiger partial charge >= 0.3 is 0 Å². The first-order chi connectivity index (χ1) is 6.24. The molecule has 1 nitrogen and oxygen atoms in total. The number of hydrogen-bond donors (Lipinski definition) is 1. The van der Waals surface area contributed by atoms with Gasteiger partial charge in [0.25, 0.3) is 0 Å². The lowest BCUT2D eigenvalue weighted by atomic mass is 10.0. The van der Waals surface area contributed by atoms with Gasteiger partial charge < -0.3 is 5.11 Å². The van der Waals surface area contributed by atoms with E-state index in [1.807, 2.05) is 12.1 Å². The molecule has 0 saturated heterocycles. The van der Waals surface area contributed by atoms with E-state index in [0.29, 0.717) is 6.42 Å². The molecule has 0 unspecified atom stereocenters. The van der Waals surface area contributed by atoms with Crippen molar-refractivity contribution >= 4 is 0 Å². The minimum atomic E-state index is -0.293. The lowest BCUT2D eigenvalue weighted by molar-refractivity contribution is 0.178. The molecule has 0 spiro atoms. The number of hydrogen-bond acceptors (Lipinski definition) is 1. The van der Waals surface area contributed by atoms with Gasteiger partial charge in [-0.15, -0.1) is 6.58 Å². The second-order valence-corrected chi connectivity index (χ2v) is 3.31. The molecule has 0 aliphatic rings. The predicted molar refractivity (Wildman–Crippen MR) is 55.7 cm³/mol. The third kappa shape index (κ3) is 3.03. The Morgan fingerprint density at radius 3 is 2.77 bits per heavy atom. The summed E-state index contributed by atoms with van der Waals surface area (Å²) < 4.78 is 0. The minimum absolute atomic E-state index is 0.293. The van der Waals surface area contributed by atoms with Gasteiger partial charge in [0.1, 0.15) is 0 Å². The van der Waals surface area contributed by atoms with Crippen molar-refractivity contribution in [2.24, 2.45) is 0 Å². The number of aryl methyl sites for hydroxylation is 1. The van der Waals surface area contributed by atoms with Crippen molar-refractivity contribution in [2.45, 2.75) is 25.9 Å². The third-order valence-corrected chi connectivity index (χ3v) is 2.16. The first-order valence-electron chi connectivity index (χ1n) is 4.57. The van der Waals surface area contributed by atoms with E-state index in [9.17, 15) is 5.11 Å². The van der Waals surface area contributed by atoms with Crippen molar-refractivity contribution < 1.29 is 5.11 Å². The maximum atomic E-state index is 9.56. The second-order valence-electron chi connectivity index (χ2n) is 3.31. The maximum Gasteiger partial charge on any atom is 0.0614 e. The van der Waals surface area contributed by atoms with Gasteiger partial charge in [0.2, 0.25) is 0 Å². The summed E-state index contributed by atoms with van der Waals surface area (Å²) in [6, 6.07) is 8.14. The maximum absolute atomic E-state index is 9.56. The average molecular weight is 176 g/mol. The molecular formula is C12H16O. The molecule has 0 saturated carbocycles. The van der Waals surface area contributed by atoms with E-state index in [1.54, 1.807) is 6.08 Å². The molecule has 70 valence electrons. The van der Waals surface area contributed by atoms with E-state index in [-0.39, 0.29) is 6.10 Å². The zero-order valence-corrected chi connectivity index (χ0v) is 8.03. The Morgan fingerprint density at radius 2 is 2.15 bits per heavy atom. The van der Waals surface area contributed by atoms with Crippen molar-refractivity contribution in [3.8, 4) is 0 Å². The Kier molecular flexibility index (Phi) is 3.71. The topological polar surface area (TPSA) is 20.2 Å². The highest BCUT2D eigenvalue weighted by atomic mass is 16.3. The molecule has 1 rings (SSSR count). The summed E-state index contributed by atoms with van der Waals surface area (Å²) in [5.41, 5.74) is 2.46. The molecule has 1 aromatic rings. The van der Waals surface area contributed by atoms with Crippen LogP contribution in [0.15, 0.2) is 36.9 Å². The molecule has 0 aromatic heterocycles. The van der Waals surface area contributed by atoms with E-state index in [2.05, 4.69) is 25.6 Å². The van der Waals surface area contributed by atoms with Crippen LogP contribution in [0.25, 0.3) is 0 Å². The van der Waals surface area contributed by atoms with Crippen molar-refractivity contribution in [3.63, 3.8) is 0 Å². The van der Waals surface area contributed by atoms with Gasteiger partial charge in [0.15, 0.2) is 0 Å². The Labute approximate surface area is 79.7 Å². The van der Waals surface area contributed by atoms with Crippen LogP contribution in [0.3, 0.4) is 0 Å². The molecule has 0 amide bonds. The minimum Gasteiger partial charge on any atom is -0.392 e. The summed E-state index contributed by atoms with van der Waals surface area (Å²) in [5.74, 6) is 0. The first kappa shape index (κ1) is 10.0. The van der Waals surface area contributed by atoms with Crippen LogP contribution in [0.2, 0.25) is 0 Å². The standard InChI is InChI=1S/C12H16O/c1-3-6-12(13)9-11-8-5-4-7-10(11)2/h3-5,7-8,12-13H,1,6,9H2,2H3/t12-/m1/s1. The third-order valence-electron chi connectivity index (χ3n) is 2.16. The van der Waals surface area contributed by atoms with Crippen molar-refractivity contribution in [1.82, 2.24) is 0 Å². The van der Waals surface area contributed by atoms with Crippen LogP contribution in [0, 0.1) is 6.92 Å². The predicted octanol–water partition coefficient (Wildman–Crippen LogP) is 2.47. The Bertz CT molecular complexity index is 278. The zero-order valence-electron chi connectivity index (χ0n) is 8.03. The molecule has 0 heterocycles. The Hall–Kier alpha value is -1.08. The fourth-order valence-corrected chi connectivity index (χ4v) is 1.37. The molecule has 0 aliphatic heterocycles. The van der Waals surface area contributed by atoms with Gasteiger partial charge in [-0.05, 0) is 30.9 Å². The van der Waals surface area contributed by atoms with Gasteiger partial charge in [-0.2, -0.15) is 0 Å². The molecule has 1 aromatic carbocycles. The lowest BCUT2D eigenvalue weighted by Crippen LogP contribution is -2.09. The largest absolute Gasteiger partial charge is 0.392 e. The number of aliphatic hydroxyl groups is 1. The molecule has 1 atom stereocenters. The van der Waals surface area contributed by atoms with Crippen molar-refractivity contribution in [1.29, 1.82) is 0 Å². The van der Waals surface area contributed by atoms with Crippen molar-refractivity contribution in [2.75, 3.05) is 0 Å². The van der Waals surface area contributed by atoms with Crippen LogP contribution in [0.5, 0.6) is 0 Å². The van der Waals surface area contributed by atoms with Gasteiger partial charge in [-0.3, -0.25) is 0 Å². The fraction of sp³-hybridized carbons (Fsp3) is 0.333. The van der Waals surface area contributed by atoms with Gasteiger partial charge in [0, 0.05) is 0 Å².